The van der Waals surface area contributed by atoms with Crippen molar-refractivity contribution >= 4 is 0 Å². The lowest BCUT2D eigenvalue weighted by atomic mass is 10.1. The lowest BCUT2D eigenvalue weighted by Crippen LogP contribution is -2.06. The van der Waals surface area contributed by atoms with E-state index in [2.05, 4.69) is 18.3 Å². The summed E-state index contributed by atoms with van der Waals surface area (Å²) in [6, 6.07) is 4.03. The van der Waals surface area contributed by atoms with E-state index < -0.39 is 0 Å². The second kappa shape index (κ2) is 3.26. The van der Waals surface area contributed by atoms with Crippen molar-refractivity contribution in [2.45, 2.75) is 13.5 Å². The van der Waals surface area contributed by atoms with Crippen molar-refractivity contribution in [3.63, 3.8) is 0 Å². The summed E-state index contributed by atoms with van der Waals surface area (Å²) < 4.78 is 10.6. The van der Waals surface area contributed by atoms with Crippen LogP contribution in [0.2, 0.25) is 0 Å². The Bertz CT molecular complexity index is 323. The van der Waals surface area contributed by atoms with E-state index in [-0.39, 0.29) is 0 Å². The molecule has 0 amide bonds. The number of rotatable bonds is 2. The minimum absolute atomic E-state index is 0.346. The second-order valence-corrected chi connectivity index (χ2v) is 3.11. The third-order valence-electron chi connectivity index (χ3n) is 2.27. The first kappa shape index (κ1) is 8.38. The molecule has 1 heterocycles. The highest BCUT2D eigenvalue weighted by atomic mass is 16.7. The normalized spacial score (nSPS) is 13.4. The van der Waals surface area contributed by atoms with Gasteiger partial charge in [0.2, 0.25) is 6.79 Å². The van der Waals surface area contributed by atoms with E-state index in [9.17, 15) is 0 Å². The van der Waals surface area contributed by atoms with Gasteiger partial charge in [-0.3, -0.25) is 0 Å². The summed E-state index contributed by atoms with van der Waals surface area (Å²) in [6.45, 7) is 3.27. The zero-order valence-electron chi connectivity index (χ0n) is 7.89. The smallest absolute Gasteiger partial charge is 0.231 e. The van der Waals surface area contributed by atoms with Crippen molar-refractivity contribution < 1.29 is 9.47 Å². The van der Waals surface area contributed by atoms with Crippen LogP contribution >= 0.6 is 0 Å². The molecular weight excluding hydrogens is 166 g/mol. The van der Waals surface area contributed by atoms with Gasteiger partial charge in [0.1, 0.15) is 0 Å². The van der Waals surface area contributed by atoms with Gasteiger partial charge in [-0.15, -0.1) is 0 Å². The summed E-state index contributed by atoms with van der Waals surface area (Å²) in [5, 5.41) is 3.12. The fraction of sp³-hybridized carbons (Fsp3) is 0.400. The highest BCUT2D eigenvalue weighted by Crippen LogP contribution is 2.36. The Balaban J connectivity index is 2.40. The van der Waals surface area contributed by atoms with Crippen LogP contribution in [0, 0.1) is 6.92 Å². The molecule has 0 saturated carbocycles. The van der Waals surface area contributed by atoms with Gasteiger partial charge >= 0.3 is 0 Å². The maximum Gasteiger partial charge on any atom is 0.231 e. The molecule has 1 aromatic rings. The van der Waals surface area contributed by atoms with E-state index in [0.29, 0.717) is 6.79 Å². The first-order valence-electron chi connectivity index (χ1n) is 4.35. The first-order chi connectivity index (χ1) is 6.33. The second-order valence-electron chi connectivity index (χ2n) is 3.11. The van der Waals surface area contributed by atoms with Crippen molar-refractivity contribution in [2.24, 2.45) is 0 Å². The molecule has 0 aliphatic carbocycles. The summed E-state index contributed by atoms with van der Waals surface area (Å²) in [6.07, 6.45) is 0. The SMILES string of the molecule is CNCc1ccc2c(c1C)OCO2. The van der Waals surface area contributed by atoms with E-state index in [1.54, 1.807) is 0 Å². The molecule has 0 saturated heterocycles. The minimum atomic E-state index is 0.346. The maximum absolute atomic E-state index is 5.37. The fourth-order valence-electron chi connectivity index (χ4n) is 1.53. The zero-order chi connectivity index (χ0) is 9.26. The van der Waals surface area contributed by atoms with Gasteiger partial charge < -0.3 is 14.8 Å². The quantitative estimate of drug-likeness (QED) is 0.745. The number of hydrogen-bond acceptors (Lipinski definition) is 3. The molecule has 13 heavy (non-hydrogen) atoms. The lowest BCUT2D eigenvalue weighted by Gasteiger charge is -2.07. The van der Waals surface area contributed by atoms with Gasteiger partial charge in [0, 0.05) is 6.54 Å². The Hall–Kier alpha value is -1.22. The zero-order valence-corrected chi connectivity index (χ0v) is 7.89. The van der Waals surface area contributed by atoms with Gasteiger partial charge in [-0.25, -0.2) is 0 Å². The molecule has 0 radical (unpaired) electrons. The number of fused-ring (bicyclic) bond motifs is 1. The van der Waals surface area contributed by atoms with E-state index in [1.807, 2.05) is 13.1 Å². The molecule has 0 fully saturated rings. The Labute approximate surface area is 77.7 Å². The average molecular weight is 179 g/mol. The Morgan fingerprint density at radius 2 is 2.23 bits per heavy atom. The molecule has 3 nitrogen and oxygen atoms in total. The molecule has 0 spiro atoms. The highest BCUT2D eigenvalue weighted by Gasteiger charge is 2.17. The van der Waals surface area contributed by atoms with E-state index in [0.717, 1.165) is 18.0 Å². The summed E-state index contributed by atoms with van der Waals surface area (Å²) in [5.74, 6) is 1.75. The van der Waals surface area contributed by atoms with Crippen LogP contribution in [0.4, 0.5) is 0 Å². The number of benzene rings is 1. The van der Waals surface area contributed by atoms with E-state index >= 15 is 0 Å². The van der Waals surface area contributed by atoms with Crippen LogP contribution in [0.25, 0.3) is 0 Å². The molecule has 70 valence electrons. The van der Waals surface area contributed by atoms with Gasteiger partial charge in [0.25, 0.3) is 0 Å². The lowest BCUT2D eigenvalue weighted by molar-refractivity contribution is 0.173. The predicted molar refractivity (Wildman–Crippen MR) is 50.1 cm³/mol. The van der Waals surface area contributed by atoms with Crippen LogP contribution in [-0.4, -0.2) is 13.8 Å². The van der Waals surface area contributed by atoms with Crippen molar-refractivity contribution in [3.05, 3.63) is 23.3 Å². The fourth-order valence-corrected chi connectivity index (χ4v) is 1.53. The van der Waals surface area contributed by atoms with Crippen LogP contribution in [0.5, 0.6) is 11.5 Å². The largest absolute Gasteiger partial charge is 0.454 e. The molecule has 3 heteroatoms. The Morgan fingerprint density at radius 3 is 3.00 bits per heavy atom. The van der Waals surface area contributed by atoms with Gasteiger partial charge in [-0.1, -0.05) is 6.07 Å². The molecule has 2 rings (SSSR count). The molecule has 1 aromatic carbocycles. The molecular formula is C10H13NO2. The topological polar surface area (TPSA) is 30.5 Å². The molecule has 1 N–H and O–H groups in total. The van der Waals surface area contributed by atoms with Gasteiger partial charge in [-0.05, 0) is 31.2 Å². The highest BCUT2D eigenvalue weighted by molar-refractivity contribution is 5.51. The summed E-state index contributed by atoms with van der Waals surface area (Å²) in [4.78, 5) is 0. The van der Waals surface area contributed by atoms with Crippen molar-refractivity contribution in [1.82, 2.24) is 5.32 Å². The van der Waals surface area contributed by atoms with Crippen molar-refractivity contribution in [2.75, 3.05) is 13.8 Å². The predicted octanol–water partition coefficient (Wildman–Crippen LogP) is 1.44. The molecule has 1 aliphatic rings. The van der Waals surface area contributed by atoms with Gasteiger partial charge in [0.05, 0.1) is 0 Å². The third kappa shape index (κ3) is 1.35. The van der Waals surface area contributed by atoms with Crippen LogP contribution in [0.3, 0.4) is 0 Å². The molecule has 0 bridgehead atoms. The van der Waals surface area contributed by atoms with Gasteiger partial charge in [0.15, 0.2) is 11.5 Å². The molecule has 0 unspecified atom stereocenters. The monoisotopic (exact) mass is 179 g/mol. The molecule has 0 aromatic heterocycles. The molecule has 0 atom stereocenters. The first-order valence-corrected chi connectivity index (χ1v) is 4.35. The number of hydrogen-bond donors (Lipinski definition) is 1. The Morgan fingerprint density at radius 1 is 1.38 bits per heavy atom. The summed E-state index contributed by atoms with van der Waals surface area (Å²) in [7, 11) is 1.93. The van der Waals surface area contributed by atoms with Crippen molar-refractivity contribution in [1.29, 1.82) is 0 Å². The summed E-state index contributed by atoms with van der Waals surface area (Å²) in [5.41, 5.74) is 2.43. The van der Waals surface area contributed by atoms with Gasteiger partial charge in [-0.2, -0.15) is 0 Å². The minimum Gasteiger partial charge on any atom is -0.454 e. The summed E-state index contributed by atoms with van der Waals surface area (Å²) >= 11 is 0. The van der Waals surface area contributed by atoms with Crippen LogP contribution in [0.1, 0.15) is 11.1 Å². The van der Waals surface area contributed by atoms with Crippen molar-refractivity contribution in [3.8, 4) is 11.5 Å². The maximum atomic E-state index is 5.37. The van der Waals surface area contributed by atoms with E-state index in [4.69, 9.17) is 9.47 Å². The van der Waals surface area contributed by atoms with Crippen LogP contribution < -0.4 is 14.8 Å². The van der Waals surface area contributed by atoms with E-state index in [1.165, 1.54) is 11.1 Å². The number of ether oxygens (including phenoxy) is 2. The third-order valence-corrected chi connectivity index (χ3v) is 2.27. The number of nitrogens with one attached hydrogen (secondary N) is 1. The molecule has 1 aliphatic heterocycles. The standard InChI is InChI=1S/C10H13NO2/c1-7-8(5-11-2)3-4-9-10(7)13-6-12-9/h3-4,11H,5-6H2,1-2H3. The van der Waals surface area contributed by atoms with Crippen LogP contribution in [-0.2, 0) is 6.54 Å². The average Bonchev–Trinajstić information content (AvgIpc) is 2.58. The van der Waals surface area contributed by atoms with Crippen LogP contribution in [0.15, 0.2) is 12.1 Å². The Kier molecular flexibility index (Phi) is 2.10.